The molecule has 3 heteroatoms. The summed E-state index contributed by atoms with van der Waals surface area (Å²) >= 11 is 3.40. The quantitative estimate of drug-likeness (QED) is 0.650. The van der Waals surface area contributed by atoms with Crippen LogP contribution in [-0.4, -0.2) is 27.3 Å². The van der Waals surface area contributed by atoms with Crippen molar-refractivity contribution in [2.24, 2.45) is 0 Å². The van der Waals surface area contributed by atoms with Crippen molar-refractivity contribution in [3.63, 3.8) is 0 Å². The number of hydrogen-bond acceptors (Lipinski definition) is 1. The minimum absolute atomic E-state index is 0.425. The van der Waals surface area contributed by atoms with Crippen molar-refractivity contribution >= 4 is 31.8 Å². The van der Waals surface area contributed by atoms with E-state index in [0.29, 0.717) is 13.1 Å². The van der Waals surface area contributed by atoms with E-state index in [9.17, 15) is 0 Å². The van der Waals surface area contributed by atoms with Crippen molar-refractivity contribution in [3.8, 4) is 6.07 Å². The Kier molecular flexibility index (Phi) is 2.99. The van der Waals surface area contributed by atoms with Crippen LogP contribution >= 0.6 is 0 Å². The fraction of sp³-hybridized carbons (Fsp3) is 0. The van der Waals surface area contributed by atoms with E-state index in [1.54, 1.807) is 0 Å². The third kappa shape index (κ3) is 1.87. The van der Waals surface area contributed by atoms with Crippen molar-refractivity contribution in [2.45, 2.75) is 0 Å². The predicted molar refractivity (Wildman–Crippen MR) is 42.3 cm³/mol. The minimum atomic E-state index is 0.425. The summed E-state index contributed by atoms with van der Waals surface area (Å²) in [4.78, 5) is 0. The summed E-state index contributed by atoms with van der Waals surface area (Å²) in [6.07, 6.45) is 0. The maximum atomic E-state index is 8.45. The van der Waals surface area contributed by atoms with Crippen LogP contribution in [0.1, 0.15) is 5.56 Å². The molecular formula is C7H4NSe2. The van der Waals surface area contributed by atoms with Gasteiger partial charge in [-0.05, 0) is 0 Å². The Morgan fingerprint density at radius 1 is 1.30 bits per heavy atom. The van der Waals surface area contributed by atoms with Crippen molar-refractivity contribution in [1.82, 2.24) is 0 Å². The summed E-state index contributed by atoms with van der Waals surface area (Å²) in [6.45, 7) is 0. The van der Waals surface area contributed by atoms with Gasteiger partial charge in [0.15, 0.2) is 0 Å². The molecule has 0 fully saturated rings. The molecule has 0 unspecified atom stereocenters. The van der Waals surface area contributed by atoms with Gasteiger partial charge < -0.3 is 0 Å². The van der Waals surface area contributed by atoms with Gasteiger partial charge in [0.25, 0.3) is 0 Å². The summed E-state index contributed by atoms with van der Waals surface area (Å²) in [5, 5.41) is 8.45. The summed E-state index contributed by atoms with van der Waals surface area (Å²) in [6, 6.07) is 9.72. The first kappa shape index (κ1) is 7.85. The average molecular weight is 260 g/mol. The summed E-state index contributed by atoms with van der Waals surface area (Å²) in [5.74, 6) is 0. The molecule has 0 bridgehead atoms. The predicted octanol–water partition coefficient (Wildman–Crippen LogP) is -0.0287. The molecule has 0 aliphatic rings. The fourth-order valence-electron chi connectivity index (χ4n) is 0.585. The molecule has 1 nitrogen and oxygen atoms in total. The normalized spacial score (nSPS) is 8.80. The Balaban J connectivity index is 2.93. The second-order valence-electron chi connectivity index (χ2n) is 1.72. The first-order chi connectivity index (χ1) is 4.86. The first-order valence-corrected chi connectivity index (χ1v) is 7.86. The van der Waals surface area contributed by atoms with E-state index >= 15 is 0 Å². The van der Waals surface area contributed by atoms with Crippen LogP contribution in [0.3, 0.4) is 0 Å². The van der Waals surface area contributed by atoms with Gasteiger partial charge in [-0.15, -0.1) is 0 Å². The Labute approximate surface area is 73.0 Å². The van der Waals surface area contributed by atoms with E-state index in [1.807, 2.05) is 24.3 Å². The molecule has 0 amide bonds. The van der Waals surface area contributed by atoms with Gasteiger partial charge in [-0.1, -0.05) is 0 Å². The van der Waals surface area contributed by atoms with Crippen LogP contribution in [-0.2, 0) is 0 Å². The molecule has 10 heavy (non-hydrogen) atoms. The van der Waals surface area contributed by atoms with Crippen LogP contribution in [0, 0.1) is 11.3 Å². The second kappa shape index (κ2) is 3.81. The second-order valence-corrected chi connectivity index (χ2v) is 4.88. The molecule has 1 aromatic carbocycles. The average Bonchev–Trinajstić information content (AvgIpc) is 2.05. The van der Waals surface area contributed by atoms with E-state index in [4.69, 9.17) is 5.26 Å². The summed E-state index contributed by atoms with van der Waals surface area (Å²) in [5.41, 5.74) is 0.730. The van der Waals surface area contributed by atoms with Crippen molar-refractivity contribution < 1.29 is 0 Å². The number of hydrogen-bond donors (Lipinski definition) is 0. The van der Waals surface area contributed by atoms with Gasteiger partial charge in [-0.25, -0.2) is 0 Å². The van der Waals surface area contributed by atoms with Crippen molar-refractivity contribution in [1.29, 1.82) is 5.26 Å². The number of rotatable bonds is 1. The molecule has 0 aromatic heterocycles. The third-order valence-electron chi connectivity index (χ3n) is 1.08. The van der Waals surface area contributed by atoms with Gasteiger partial charge in [-0.3, -0.25) is 0 Å². The van der Waals surface area contributed by atoms with Crippen LogP contribution in [0.15, 0.2) is 24.3 Å². The Morgan fingerprint density at radius 2 is 1.90 bits per heavy atom. The molecule has 1 rings (SSSR count). The van der Waals surface area contributed by atoms with E-state index in [-0.39, 0.29) is 0 Å². The van der Waals surface area contributed by atoms with Crippen LogP contribution in [0.4, 0.5) is 0 Å². The van der Waals surface area contributed by atoms with E-state index < -0.39 is 0 Å². The molecular weight excluding hydrogens is 256 g/mol. The number of benzene rings is 1. The summed E-state index contributed by atoms with van der Waals surface area (Å²) in [7, 11) is 0. The molecule has 0 aliphatic carbocycles. The van der Waals surface area contributed by atoms with Crippen LogP contribution in [0.2, 0.25) is 0 Å². The molecule has 0 aliphatic heterocycles. The molecule has 0 N–H and O–H groups in total. The molecule has 0 spiro atoms. The number of nitriles is 1. The van der Waals surface area contributed by atoms with Gasteiger partial charge >= 0.3 is 72.9 Å². The molecule has 1 aromatic rings. The van der Waals surface area contributed by atoms with Crippen LogP contribution in [0.25, 0.3) is 0 Å². The maximum absolute atomic E-state index is 8.45. The van der Waals surface area contributed by atoms with Gasteiger partial charge in [0, 0.05) is 0 Å². The van der Waals surface area contributed by atoms with Gasteiger partial charge in [0.05, 0.1) is 0 Å². The van der Waals surface area contributed by atoms with Crippen molar-refractivity contribution in [3.05, 3.63) is 29.8 Å². The molecule has 0 saturated carbocycles. The standard InChI is InChI=1S/C7H4NSe2/c8-5-6-1-3-7(10-9)4-2-6/h1-4H. The van der Waals surface area contributed by atoms with E-state index in [0.717, 1.165) is 5.56 Å². The number of nitrogens with zero attached hydrogens (tertiary/aromatic N) is 1. The van der Waals surface area contributed by atoms with Crippen LogP contribution in [0.5, 0.6) is 0 Å². The molecule has 0 atom stereocenters. The first-order valence-electron chi connectivity index (χ1n) is 2.67. The van der Waals surface area contributed by atoms with Gasteiger partial charge in [-0.2, -0.15) is 0 Å². The molecule has 1 radical (unpaired) electrons. The SMILES string of the molecule is N#Cc1ccc([Se][Se])cc1. The Bertz CT molecular complexity index is 247. The van der Waals surface area contributed by atoms with E-state index in [2.05, 4.69) is 20.3 Å². The van der Waals surface area contributed by atoms with Gasteiger partial charge in [0.2, 0.25) is 0 Å². The molecule has 49 valence electrons. The van der Waals surface area contributed by atoms with Crippen LogP contribution < -0.4 is 4.46 Å². The fourth-order valence-corrected chi connectivity index (χ4v) is 2.31. The summed E-state index contributed by atoms with van der Waals surface area (Å²) < 4.78 is 1.28. The van der Waals surface area contributed by atoms with E-state index in [1.165, 1.54) is 4.46 Å². The topological polar surface area (TPSA) is 23.8 Å². The van der Waals surface area contributed by atoms with Crippen molar-refractivity contribution in [2.75, 3.05) is 0 Å². The zero-order valence-electron chi connectivity index (χ0n) is 5.07. The Hall–Kier alpha value is -0.251. The molecule has 0 saturated heterocycles. The monoisotopic (exact) mass is 262 g/mol. The zero-order chi connectivity index (χ0) is 7.40. The Morgan fingerprint density at radius 3 is 2.30 bits per heavy atom. The third-order valence-corrected chi connectivity index (χ3v) is 4.15. The zero-order valence-corrected chi connectivity index (χ0v) is 8.50. The molecule has 0 heterocycles. The van der Waals surface area contributed by atoms with Gasteiger partial charge in [0.1, 0.15) is 0 Å².